The lowest BCUT2D eigenvalue weighted by molar-refractivity contribution is -0.270. The number of aliphatic hydroxyl groups is 3. The molecule has 5 N–H and O–H groups in total. The minimum absolute atomic E-state index is 0.116. The van der Waals surface area contributed by atoms with E-state index in [0.717, 1.165) is 27.8 Å². The number of nitrogens with zero attached hydrogens (tertiary/aromatic N) is 3. The molecule has 7 atom stereocenters. The zero-order chi connectivity index (χ0) is 43.3. The van der Waals surface area contributed by atoms with Crippen molar-refractivity contribution in [3.8, 4) is 11.5 Å². The van der Waals surface area contributed by atoms with Crippen LogP contribution in [0.1, 0.15) is 42.3 Å². The Hall–Kier alpha value is -5.04. The Bertz CT molecular complexity index is 2540. The summed E-state index contributed by atoms with van der Waals surface area (Å²) in [7, 11) is 3.43. The molecule has 0 radical (unpaired) electrons. The maximum atomic E-state index is 14.5. The van der Waals surface area contributed by atoms with Gasteiger partial charge in [0, 0.05) is 79.7 Å². The first-order valence-electron chi connectivity index (χ1n) is 19.5. The van der Waals surface area contributed by atoms with Crippen molar-refractivity contribution in [1.82, 2.24) is 10.2 Å². The smallest absolute Gasteiger partial charge is 0.415 e. The molecule has 18 heteroatoms. The van der Waals surface area contributed by atoms with Crippen molar-refractivity contribution >= 4 is 91.3 Å². The van der Waals surface area contributed by atoms with E-state index in [2.05, 4.69) is 5.32 Å². The van der Waals surface area contributed by atoms with Gasteiger partial charge < -0.3 is 54.7 Å². The van der Waals surface area contributed by atoms with Crippen molar-refractivity contribution in [2.24, 2.45) is 0 Å². The molecule has 61 heavy (non-hydrogen) atoms. The number of aliphatic hydroxyl groups excluding tert-OH is 3. The lowest BCUT2D eigenvalue weighted by atomic mass is 9.95. The molecular formula is C43H42Cl2N4O11S. The number of fused-ring (bicyclic) bond motifs is 6. The fraction of sp³-hybridized carbons (Fsp3) is 0.349. The van der Waals surface area contributed by atoms with Gasteiger partial charge in [-0.1, -0.05) is 48.5 Å². The molecule has 5 aromatic rings. The van der Waals surface area contributed by atoms with Crippen LogP contribution < -0.4 is 24.6 Å². The van der Waals surface area contributed by atoms with Gasteiger partial charge in [-0.3, -0.25) is 9.59 Å². The maximum absolute atomic E-state index is 14.5. The van der Waals surface area contributed by atoms with Gasteiger partial charge in [0.15, 0.2) is 6.10 Å². The first-order valence-corrected chi connectivity index (χ1v) is 21.4. The van der Waals surface area contributed by atoms with Crippen LogP contribution in [0.2, 0.25) is 0 Å². The van der Waals surface area contributed by atoms with Crippen LogP contribution >= 0.6 is 34.5 Å². The van der Waals surface area contributed by atoms with E-state index in [1.807, 2.05) is 30.3 Å². The molecule has 1 fully saturated rings. The summed E-state index contributed by atoms with van der Waals surface area (Å²) in [5.41, 5.74) is 2.62. The third-order valence-electron chi connectivity index (χ3n) is 11.4. The van der Waals surface area contributed by atoms with Gasteiger partial charge in [0.1, 0.15) is 29.8 Å². The van der Waals surface area contributed by atoms with Crippen molar-refractivity contribution in [1.29, 1.82) is 0 Å². The number of carbonyl (C=O) groups excluding carboxylic acids is 3. The van der Waals surface area contributed by atoms with Crippen molar-refractivity contribution in [2.75, 3.05) is 61.8 Å². The second-order valence-corrected chi connectivity index (χ2v) is 16.9. The fourth-order valence-corrected chi connectivity index (χ4v) is 9.70. The molecule has 0 bridgehead atoms. The van der Waals surface area contributed by atoms with E-state index in [0.29, 0.717) is 46.4 Å². The first-order chi connectivity index (χ1) is 29.4. The molecule has 2 unspecified atom stereocenters. The van der Waals surface area contributed by atoms with Gasteiger partial charge >= 0.3 is 12.1 Å². The molecule has 1 aromatic heterocycles. The average molecular weight is 894 g/mol. The Morgan fingerprint density at radius 2 is 1.30 bits per heavy atom. The van der Waals surface area contributed by atoms with Gasteiger partial charge in [-0.25, -0.2) is 9.59 Å². The van der Waals surface area contributed by atoms with Gasteiger partial charge in [-0.15, -0.1) is 34.5 Å². The zero-order valence-corrected chi connectivity index (χ0v) is 35.2. The number of aliphatic carboxylic acids is 1. The summed E-state index contributed by atoms with van der Waals surface area (Å²) < 4.78 is 17.4. The third kappa shape index (κ3) is 7.65. The normalized spacial score (nSPS) is 23.2. The summed E-state index contributed by atoms with van der Waals surface area (Å²) in [5, 5.41) is 46.8. The molecule has 4 aromatic carbocycles. The van der Waals surface area contributed by atoms with Gasteiger partial charge in [0.2, 0.25) is 6.29 Å². The monoisotopic (exact) mass is 892 g/mol. The summed E-state index contributed by atoms with van der Waals surface area (Å²) in [5.74, 6) is -2.06. The number of benzene rings is 4. The second kappa shape index (κ2) is 17.4. The van der Waals surface area contributed by atoms with Crippen LogP contribution in [0.5, 0.6) is 11.5 Å². The minimum Gasteiger partial charge on any atom is -0.479 e. The fourth-order valence-electron chi connectivity index (χ4n) is 8.30. The van der Waals surface area contributed by atoms with E-state index in [4.69, 9.17) is 37.4 Å². The van der Waals surface area contributed by atoms with E-state index in [9.17, 15) is 39.6 Å². The van der Waals surface area contributed by atoms with Crippen LogP contribution in [0.15, 0.2) is 72.8 Å². The molecule has 4 heterocycles. The number of carbonyl (C=O) groups is 4. The maximum Gasteiger partial charge on any atom is 0.415 e. The Labute approximate surface area is 363 Å². The summed E-state index contributed by atoms with van der Waals surface area (Å²) in [6.45, 7) is 1.44. The molecule has 15 nitrogen and oxygen atoms in total. The first kappa shape index (κ1) is 42.6. The number of amides is 3. The van der Waals surface area contributed by atoms with Crippen LogP contribution in [-0.2, 0) is 9.53 Å². The van der Waals surface area contributed by atoms with E-state index in [1.54, 1.807) is 61.5 Å². The Balaban J connectivity index is 1.11. The lowest BCUT2D eigenvalue weighted by Crippen LogP contribution is -2.61. The predicted octanol–water partition coefficient (Wildman–Crippen LogP) is 4.94. The Morgan fingerprint density at radius 3 is 1.80 bits per heavy atom. The number of anilines is 2. The largest absolute Gasteiger partial charge is 0.479 e. The molecule has 3 aliphatic heterocycles. The summed E-state index contributed by atoms with van der Waals surface area (Å²) >= 11 is 14.1. The SMILES string of the molecule is CNCCN(C)C(=O)Oc1cc2c(c3ccccc13)[C@H](CCl)CN2C(=O)c1ccc(C(=O)N2C[C@@H](CCl)c3c2cc(O[C@@H]2OC(C(=O)O)C(O)[C@@H](O)[C@@H]2O)c2ccccc32)s1. The zero-order valence-electron chi connectivity index (χ0n) is 32.9. The molecule has 0 saturated carbocycles. The molecular weight excluding hydrogens is 851 g/mol. The standard InChI is InChI=1S/C43H42Cl2N4O11S/c1-46-13-14-47(2)43(57)59-30-16-28-34(26-10-6-4-8-24(26)30)22(18-45)20-49(28)40(54)32-12-11-31(61-32)39(53)48-19-21(17-44)33-25-9-5-3-7-23(25)29(15-27(33)48)58-42-37(52)35(50)36(51)38(60-42)41(55)56/h3-12,15-16,21-22,35-38,42,46,50-52H,13-14,17-20H2,1-2H3,(H,55,56)/t21-,22-,35-,36?,37+,38?,42-/m1/s1. The highest BCUT2D eigenvalue weighted by Crippen LogP contribution is 2.48. The van der Waals surface area contributed by atoms with Crippen molar-refractivity contribution in [3.63, 3.8) is 0 Å². The number of carboxylic acids is 1. The minimum atomic E-state index is -1.91. The number of thiophene rings is 1. The summed E-state index contributed by atoms with van der Waals surface area (Å²) in [6.07, 6.45) is -9.74. The van der Waals surface area contributed by atoms with Crippen LogP contribution in [0.3, 0.4) is 0 Å². The Kier molecular flexibility index (Phi) is 12.1. The molecule has 8 rings (SSSR count). The highest BCUT2D eigenvalue weighted by atomic mass is 35.5. The molecule has 3 amide bonds. The summed E-state index contributed by atoms with van der Waals surface area (Å²) in [6, 6.07) is 21.1. The highest BCUT2D eigenvalue weighted by Gasteiger charge is 2.48. The van der Waals surface area contributed by atoms with Crippen molar-refractivity contribution in [3.05, 3.63) is 93.7 Å². The van der Waals surface area contributed by atoms with Gasteiger partial charge in [-0.05, 0) is 41.1 Å². The van der Waals surface area contributed by atoms with Gasteiger partial charge in [-0.2, -0.15) is 0 Å². The molecule has 320 valence electrons. The van der Waals surface area contributed by atoms with Crippen molar-refractivity contribution < 1.29 is 53.8 Å². The number of alkyl halides is 2. The number of nitrogens with one attached hydrogen (secondary N) is 1. The van der Waals surface area contributed by atoms with Gasteiger partial charge in [0.05, 0.1) is 21.1 Å². The number of hydrogen-bond donors (Lipinski definition) is 5. The third-order valence-corrected chi connectivity index (χ3v) is 13.2. The molecule has 1 saturated heterocycles. The van der Waals surface area contributed by atoms with Crippen molar-refractivity contribution in [2.45, 2.75) is 42.5 Å². The number of ether oxygens (including phenoxy) is 3. The number of halogens is 2. The van der Waals surface area contributed by atoms with E-state index < -0.39 is 48.7 Å². The van der Waals surface area contributed by atoms with E-state index in [-0.39, 0.29) is 58.1 Å². The lowest BCUT2D eigenvalue weighted by Gasteiger charge is -2.38. The predicted molar refractivity (Wildman–Crippen MR) is 230 cm³/mol. The number of hydrogen-bond acceptors (Lipinski definition) is 12. The summed E-state index contributed by atoms with van der Waals surface area (Å²) in [4.78, 5) is 59.0. The topological polar surface area (TPSA) is 199 Å². The number of carboxylic acid groups (broad SMARTS) is 1. The van der Waals surface area contributed by atoms with E-state index in [1.165, 1.54) is 9.80 Å². The van der Waals surface area contributed by atoms with Crippen LogP contribution in [-0.4, -0.2) is 132 Å². The highest BCUT2D eigenvalue weighted by molar-refractivity contribution is 7.16. The van der Waals surface area contributed by atoms with Gasteiger partial charge in [0.25, 0.3) is 11.8 Å². The van der Waals surface area contributed by atoms with Crippen LogP contribution in [0.4, 0.5) is 16.2 Å². The van der Waals surface area contributed by atoms with E-state index >= 15 is 0 Å². The second-order valence-electron chi connectivity index (χ2n) is 15.2. The van der Waals surface area contributed by atoms with Crippen LogP contribution in [0.25, 0.3) is 21.5 Å². The Morgan fingerprint density at radius 1 is 0.787 bits per heavy atom. The molecule has 0 aliphatic carbocycles. The quantitative estimate of drug-likeness (QED) is 0.112. The average Bonchev–Trinajstić information content (AvgIpc) is 4.01. The number of likely N-dealkylation sites (N-methyl/N-ethyl adjacent to an activating group) is 2. The molecule has 3 aliphatic rings. The molecule has 0 spiro atoms. The van der Waals surface area contributed by atoms with Crippen LogP contribution in [0, 0.1) is 0 Å². The number of rotatable bonds is 11.